The first-order valence-electron chi connectivity index (χ1n) is 7.28. The quantitative estimate of drug-likeness (QED) is 0.355. The Hall–Kier alpha value is -3.00. The molecule has 0 saturated heterocycles. The van der Waals surface area contributed by atoms with E-state index in [0.29, 0.717) is 17.8 Å². The van der Waals surface area contributed by atoms with Crippen molar-refractivity contribution < 1.29 is 13.6 Å². The van der Waals surface area contributed by atoms with E-state index in [1.54, 1.807) is 25.1 Å². The highest BCUT2D eigenvalue weighted by Crippen LogP contribution is 2.22. The van der Waals surface area contributed by atoms with Crippen LogP contribution in [-0.4, -0.2) is 10.4 Å². The summed E-state index contributed by atoms with van der Waals surface area (Å²) in [5.41, 5.74) is 1.12. The molecule has 0 bridgehead atoms. The monoisotopic (exact) mass is 326 g/mol. The van der Waals surface area contributed by atoms with Crippen LogP contribution in [0.1, 0.15) is 27.3 Å². The molecule has 0 radical (unpaired) electrons. The summed E-state index contributed by atoms with van der Waals surface area (Å²) in [6.45, 7) is 7.78. The Kier molecular flexibility index (Phi) is 5.10. The van der Waals surface area contributed by atoms with Gasteiger partial charge in [-0.1, -0.05) is 12.1 Å². The van der Waals surface area contributed by atoms with Crippen LogP contribution in [0.25, 0.3) is 6.08 Å². The number of benzene rings is 1. The molecule has 1 aromatic heterocycles. The molecular formula is C19H16F2N2O. The predicted molar refractivity (Wildman–Crippen MR) is 88.4 cm³/mol. The van der Waals surface area contributed by atoms with Crippen LogP contribution in [0.4, 0.5) is 8.78 Å². The lowest BCUT2D eigenvalue weighted by Gasteiger charge is -2.06. The SMILES string of the molecule is C=CCn1c(C)cc(C(=O)/C(C#N)=C/c2c(F)cccc2F)c1C. The molecule has 0 unspecified atom stereocenters. The fraction of sp³-hybridized carbons (Fsp3) is 0.158. The van der Waals surface area contributed by atoms with Gasteiger partial charge in [-0.15, -0.1) is 6.58 Å². The third-order valence-electron chi connectivity index (χ3n) is 3.78. The van der Waals surface area contributed by atoms with Crippen molar-refractivity contribution in [2.75, 3.05) is 0 Å². The van der Waals surface area contributed by atoms with Crippen molar-refractivity contribution in [1.29, 1.82) is 5.26 Å². The molecule has 1 heterocycles. The van der Waals surface area contributed by atoms with E-state index in [0.717, 1.165) is 23.9 Å². The van der Waals surface area contributed by atoms with Crippen LogP contribution in [0.5, 0.6) is 0 Å². The van der Waals surface area contributed by atoms with Gasteiger partial charge in [0.25, 0.3) is 0 Å². The van der Waals surface area contributed by atoms with Gasteiger partial charge in [0, 0.05) is 29.1 Å². The Morgan fingerprint density at radius 1 is 1.33 bits per heavy atom. The molecule has 0 aliphatic rings. The summed E-state index contributed by atoms with van der Waals surface area (Å²) in [5, 5.41) is 9.26. The summed E-state index contributed by atoms with van der Waals surface area (Å²) in [6.07, 6.45) is 2.65. The van der Waals surface area contributed by atoms with Crippen molar-refractivity contribution in [1.82, 2.24) is 4.57 Å². The average molecular weight is 326 g/mol. The van der Waals surface area contributed by atoms with Gasteiger partial charge in [0.2, 0.25) is 5.78 Å². The molecular weight excluding hydrogens is 310 g/mol. The van der Waals surface area contributed by atoms with Gasteiger partial charge in [-0.05, 0) is 38.1 Å². The molecule has 122 valence electrons. The van der Waals surface area contributed by atoms with E-state index >= 15 is 0 Å². The van der Waals surface area contributed by atoms with Crippen LogP contribution in [0.15, 0.2) is 42.5 Å². The van der Waals surface area contributed by atoms with E-state index in [2.05, 4.69) is 6.58 Å². The van der Waals surface area contributed by atoms with Gasteiger partial charge in [0.05, 0.1) is 0 Å². The van der Waals surface area contributed by atoms with Crippen molar-refractivity contribution in [2.24, 2.45) is 0 Å². The van der Waals surface area contributed by atoms with Gasteiger partial charge in [0.15, 0.2) is 0 Å². The lowest BCUT2D eigenvalue weighted by molar-refractivity contribution is 0.103. The molecule has 24 heavy (non-hydrogen) atoms. The fourth-order valence-electron chi connectivity index (χ4n) is 2.53. The second-order valence-electron chi connectivity index (χ2n) is 5.32. The summed E-state index contributed by atoms with van der Waals surface area (Å²) < 4.78 is 29.4. The highest BCUT2D eigenvalue weighted by atomic mass is 19.1. The molecule has 2 rings (SSSR count). The summed E-state index contributed by atoms with van der Waals surface area (Å²) >= 11 is 0. The maximum atomic E-state index is 13.7. The Morgan fingerprint density at radius 3 is 2.50 bits per heavy atom. The summed E-state index contributed by atoms with van der Waals surface area (Å²) in [4.78, 5) is 12.6. The number of aromatic nitrogens is 1. The number of nitriles is 1. The van der Waals surface area contributed by atoms with Gasteiger partial charge in [0.1, 0.15) is 23.3 Å². The largest absolute Gasteiger partial charge is 0.345 e. The van der Waals surface area contributed by atoms with Crippen molar-refractivity contribution in [3.05, 3.63) is 76.6 Å². The smallest absolute Gasteiger partial charge is 0.205 e. The topological polar surface area (TPSA) is 45.8 Å². The second-order valence-corrected chi connectivity index (χ2v) is 5.32. The highest BCUT2D eigenvalue weighted by molar-refractivity contribution is 6.14. The van der Waals surface area contributed by atoms with E-state index < -0.39 is 23.0 Å². The standard InChI is InChI=1S/C19H16F2N2O/c1-4-8-23-12(2)9-15(13(23)3)19(24)14(11-22)10-16-17(20)6-5-7-18(16)21/h4-7,9-10H,1,8H2,2-3H3/b14-10+. The van der Waals surface area contributed by atoms with E-state index in [1.165, 1.54) is 6.07 Å². The molecule has 3 nitrogen and oxygen atoms in total. The number of Topliss-reactive ketones (excluding diaryl/α,β-unsaturated/α-hetero) is 1. The first-order chi connectivity index (χ1) is 11.4. The minimum absolute atomic E-state index is 0.321. The molecule has 1 aromatic carbocycles. The van der Waals surface area contributed by atoms with E-state index in [9.17, 15) is 18.8 Å². The molecule has 2 aromatic rings. The van der Waals surface area contributed by atoms with Crippen molar-refractivity contribution >= 4 is 11.9 Å². The number of nitrogens with zero attached hydrogens (tertiary/aromatic N) is 2. The Morgan fingerprint density at radius 2 is 1.96 bits per heavy atom. The van der Waals surface area contributed by atoms with Crippen LogP contribution in [0.2, 0.25) is 0 Å². The lowest BCUT2D eigenvalue weighted by Crippen LogP contribution is -2.06. The number of rotatable bonds is 5. The summed E-state index contributed by atoms with van der Waals surface area (Å²) in [5.74, 6) is -2.22. The second kappa shape index (κ2) is 7.05. The fourth-order valence-corrected chi connectivity index (χ4v) is 2.53. The molecule has 0 saturated carbocycles. The molecule has 0 aliphatic carbocycles. The number of allylic oxidation sites excluding steroid dienone is 2. The molecule has 0 amide bonds. The average Bonchev–Trinajstić information content (AvgIpc) is 2.83. The van der Waals surface area contributed by atoms with Crippen molar-refractivity contribution in [3.8, 4) is 6.07 Å². The molecule has 0 fully saturated rings. The van der Waals surface area contributed by atoms with Crippen LogP contribution in [0.3, 0.4) is 0 Å². The number of hydrogen-bond donors (Lipinski definition) is 0. The van der Waals surface area contributed by atoms with Gasteiger partial charge < -0.3 is 4.57 Å². The van der Waals surface area contributed by atoms with Crippen molar-refractivity contribution in [3.63, 3.8) is 0 Å². The molecule has 5 heteroatoms. The Balaban J connectivity index is 2.51. The first kappa shape index (κ1) is 17.4. The normalized spacial score (nSPS) is 11.2. The Bertz CT molecular complexity index is 865. The summed E-state index contributed by atoms with van der Waals surface area (Å²) in [7, 11) is 0. The minimum atomic E-state index is -0.826. The highest BCUT2D eigenvalue weighted by Gasteiger charge is 2.20. The van der Waals surface area contributed by atoms with Gasteiger partial charge >= 0.3 is 0 Å². The van der Waals surface area contributed by atoms with Gasteiger partial charge in [-0.3, -0.25) is 4.79 Å². The molecule has 0 N–H and O–H groups in total. The number of carbonyl (C=O) groups excluding carboxylic acids is 1. The summed E-state index contributed by atoms with van der Waals surface area (Å²) in [6, 6.07) is 6.77. The van der Waals surface area contributed by atoms with E-state index in [1.807, 2.05) is 11.5 Å². The molecule has 0 aliphatic heterocycles. The van der Waals surface area contributed by atoms with Crippen LogP contribution in [0, 0.1) is 36.8 Å². The van der Waals surface area contributed by atoms with E-state index in [-0.39, 0.29) is 5.57 Å². The molecule has 0 spiro atoms. The zero-order valence-electron chi connectivity index (χ0n) is 13.4. The Labute approximate surface area is 139 Å². The zero-order valence-corrected chi connectivity index (χ0v) is 13.4. The lowest BCUT2D eigenvalue weighted by atomic mass is 10.0. The maximum absolute atomic E-state index is 13.7. The van der Waals surface area contributed by atoms with E-state index in [4.69, 9.17) is 0 Å². The number of hydrogen-bond acceptors (Lipinski definition) is 2. The zero-order chi connectivity index (χ0) is 17.9. The van der Waals surface area contributed by atoms with Crippen LogP contribution < -0.4 is 0 Å². The van der Waals surface area contributed by atoms with Crippen LogP contribution >= 0.6 is 0 Å². The number of halogens is 2. The third-order valence-corrected chi connectivity index (χ3v) is 3.78. The first-order valence-corrected chi connectivity index (χ1v) is 7.28. The number of carbonyl (C=O) groups is 1. The van der Waals surface area contributed by atoms with Gasteiger partial charge in [-0.2, -0.15) is 5.26 Å². The third kappa shape index (κ3) is 3.18. The molecule has 0 atom stereocenters. The van der Waals surface area contributed by atoms with Gasteiger partial charge in [-0.25, -0.2) is 8.78 Å². The maximum Gasteiger partial charge on any atom is 0.205 e. The number of aryl methyl sites for hydroxylation is 1. The number of ketones is 1. The minimum Gasteiger partial charge on any atom is -0.345 e. The van der Waals surface area contributed by atoms with Crippen molar-refractivity contribution in [2.45, 2.75) is 20.4 Å². The predicted octanol–water partition coefficient (Wildman–Crippen LogP) is 4.36. The van der Waals surface area contributed by atoms with Crippen LogP contribution in [-0.2, 0) is 6.54 Å².